The highest BCUT2D eigenvalue weighted by Gasteiger charge is 2.52. The fourth-order valence-corrected chi connectivity index (χ4v) is 5.71. The molecule has 0 radical (unpaired) electrons. The van der Waals surface area contributed by atoms with Crippen LogP contribution in [0.5, 0.6) is 0 Å². The van der Waals surface area contributed by atoms with Gasteiger partial charge in [0, 0.05) is 45.9 Å². The van der Waals surface area contributed by atoms with Crippen LogP contribution >= 0.6 is 0 Å². The topological polar surface area (TPSA) is 54.1 Å². The molecule has 1 amide bonds. The van der Waals surface area contributed by atoms with Gasteiger partial charge >= 0.3 is 0 Å². The molecule has 5 aromatic rings. The lowest BCUT2D eigenvalue weighted by Crippen LogP contribution is -2.39. The number of amides is 1. The third kappa shape index (κ3) is 3.68. The van der Waals surface area contributed by atoms with E-state index in [0.29, 0.717) is 6.61 Å². The fraction of sp³-hybridized carbons (Fsp3) is 0.182. The number of hydrogen-bond donors (Lipinski definition) is 2. The van der Waals surface area contributed by atoms with Crippen molar-refractivity contribution >= 4 is 22.5 Å². The lowest BCUT2D eigenvalue weighted by molar-refractivity contribution is -0.135. The molecule has 6 rings (SSSR count). The van der Waals surface area contributed by atoms with Gasteiger partial charge in [-0.1, -0.05) is 96.1 Å². The van der Waals surface area contributed by atoms with Gasteiger partial charge in [0.05, 0.1) is 0 Å². The number of carbonyl (C=O) groups is 1. The van der Waals surface area contributed by atoms with E-state index in [1.54, 1.807) is 0 Å². The second-order valence-electron chi connectivity index (χ2n) is 9.83. The molecule has 1 aliphatic heterocycles. The second kappa shape index (κ2) is 9.06. The number of hydrogen-bond acceptors (Lipinski definition) is 2. The summed E-state index contributed by atoms with van der Waals surface area (Å²) >= 11 is 0. The van der Waals surface area contributed by atoms with Gasteiger partial charge in [-0.15, -0.1) is 0 Å². The Labute approximate surface area is 217 Å². The first-order valence-corrected chi connectivity index (χ1v) is 12.8. The van der Waals surface area contributed by atoms with Crippen LogP contribution in [-0.4, -0.2) is 17.5 Å². The van der Waals surface area contributed by atoms with Crippen LogP contribution in [0.2, 0.25) is 0 Å². The number of aromatic amines is 1. The third-order valence-corrected chi connectivity index (χ3v) is 7.43. The molecule has 184 valence electrons. The maximum absolute atomic E-state index is 14.0. The molecule has 37 heavy (non-hydrogen) atoms. The van der Waals surface area contributed by atoms with Crippen molar-refractivity contribution in [1.82, 2.24) is 4.98 Å². The van der Waals surface area contributed by atoms with E-state index in [9.17, 15) is 4.79 Å². The first-order valence-electron chi connectivity index (χ1n) is 12.8. The van der Waals surface area contributed by atoms with Gasteiger partial charge in [0.15, 0.2) is 0 Å². The first kappa shape index (κ1) is 23.3. The molecule has 0 aliphatic carbocycles. The number of benzene rings is 4. The standard InChI is InChI=1S/C33H30N2O2/c1-4-37-33(26-10-6-8-12-28(26)35-32(33)36)30-25-9-5-7-11-27(25)34-31(30)29(23-17-13-21(2)14-18-23)24-19-15-22(3)16-20-24/h5-20,29,34H,4H2,1-3H3,(H,35,36). The van der Waals surface area contributed by atoms with Gasteiger partial charge in [-0.2, -0.15) is 0 Å². The summed E-state index contributed by atoms with van der Waals surface area (Å²) < 4.78 is 6.55. The summed E-state index contributed by atoms with van der Waals surface area (Å²) in [4.78, 5) is 17.7. The summed E-state index contributed by atoms with van der Waals surface area (Å²) in [6.45, 7) is 6.54. The van der Waals surface area contributed by atoms with Crippen molar-refractivity contribution in [3.63, 3.8) is 0 Å². The van der Waals surface area contributed by atoms with Gasteiger partial charge in [-0.05, 0) is 44.0 Å². The van der Waals surface area contributed by atoms with Gasteiger partial charge in [-0.3, -0.25) is 4.79 Å². The molecule has 4 aromatic carbocycles. The van der Waals surface area contributed by atoms with E-state index in [1.165, 1.54) is 11.1 Å². The van der Waals surface area contributed by atoms with Crippen molar-refractivity contribution in [3.8, 4) is 0 Å². The maximum Gasteiger partial charge on any atom is 0.266 e. The Kier molecular flexibility index (Phi) is 5.69. The molecule has 4 heteroatoms. The summed E-state index contributed by atoms with van der Waals surface area (Å²) in [6, 6.07) is 33.4. The van der Waals surface area contributed by atoms with Crippen molar-refractivity contribution in [2.75, 3.05) is 11.9 Å². The predicted molar refractivity (Wildman–Crippen MR) is 149 cm³/mol. The Bertz CT molecular complexity index is 1550. The minimum absolute atomic E-state index is 0.124. The molecule has 4 nitrogen and oxygen atoms in total. The van der Waals surface area contributed by atoms with E-state index >= 15 is 0 Å². The quantitative estimate of drug-likeness (QED) is 0.267. The van der Waals surface area contributed by atoms with Crippen LogP contribution in [0.1, 0.15) is 51.9 Å². The average molecular weight is 487 g/mol. The largest absolute Gasteiger partial charge is 0.357 e. The molecule has 1 atom stereocenters. The van der Waals surface area contributed by atoms with Crippen molar-refractivity contribution in [3.05, 3.63) is 136 Å². The second-order valence-corrected chi connectivity index (χ2v) is 9.83. The summed E-state index contributed by atoms with van der Waals surface area (Å²) in [7, 11) is 0. The normalized spacial score (nSPS) is 16.8. The highest BCUT2D eigenvalue weighted by Crippen LogP contribution is 2.50. The molecule has 0 spiro atoms. The SMILES string of the molecule is CCOC1(c2c(C(c3ccc(C)cc3)c3ccc(C)cc3)[nH]c3ccccc23)C(=O)Nc2ccccc21. The number of para-hydroxylation sites is 2. The lowest BCUT2D eigenvalue weighted by Gasteiger charge is -2.31. The minimum atomic E-state index is -1.27. The van der Waals surface area contributed by atoms with E-state index in [-0.39, 0.29) is 11.8 Å². The minimum Gasteiger partial charge on any atom is -0.357 e. The molecule has 0 saturated heterocycles. The Morgan fingerprint density at radius 3 is 2.03 bits per heavy atom. The van der Waals surface area contributed by atoms with E-state index in [2.05, 4.69) is 84.8 Å². The van der Waals surface area contributed by atoms with Crippen LogP contribution in [0.25, 0.3) is 10.9 Å². The monoisotopic (exact) mass is 486 g/mol. The molecule has 2 N–H and O–H groups in total. The zero-order valence-electron chi connectivity index (χ0n) is 21.3. The number of aromatic nitrogens is 1. The molecule has 1 aromatic heterocycles. The van der Waals surface area contributed by atoms with Gasteiger partial charge in [0.1, 0.15) is 0 Å². The predicted octanol–water partition coefficient (Wildman–Crippen LogP) is 7.20. The molecular weight excluding hydrogens is 456 g/mol. The molecule has 0 saturated carbocycles. The zero-order chi connectivity index (χ0) is 25.6. The molecule has 1 unspecified atom stereocenters. The van der Waals surface area contributed by atoms with Crippen LogP contribution in [0.3, 0.4) is 0 Å². The van der Waals surface area contributed by atoms with E-state index < -0.39 is 5.60 Å². The van der Waals surface area contributed by atoms with Crippen LogP contribution in [0.15, 0.2) is 97.1 Å². The molecule has 0 bridgehead atoms. The van der Waals surface area contributed by atoms with Crippen LogP contribution in [0.4, 0.5) is 5.69 Å². The molecule has 0 fully saturated rings. The number of carbonyl (C=O) groups excluding carboxylic acids is 1. The van der Waals surface area contributed by atoms with Crippen LogP contribution in [-0.2, 0) is 15.1 Å². The number of rotatable bonds is 6. The van der Waals surface area contributed by atoms with E-state index in [0.717, 1.165) is 44.5 Å². The van der Waals surface area contributed by atoms with Crippen molar-refractivity contribution in [2.45, 2.75) is 32.3 Å². The van der Waals surface area contributed by atoms with Crippen LogP contribution < -0.4 is 5.32 Å². The smallest absolute Gasteiger partial charge is 0.266 e. The highest BCUT2D eigenvalue weighted by atomic mass is 16.5. The number of H-pyrrole nitrogens is 1. The number of fused-ring (bicyclic) bond motifs is 2. The third-order valence-electron chi connectivity index (χ3n) is 7.43. The van der Waals surface area contributed by atoms with E-state index in [4.69, 9.17) is 4.74 Å². The van der Waals surface area contributed by atoms with Crippen LogP contribution in [0, 0.1) is 13.8 Å². The number of anilines is 1. The number of aryl methyl sites for hydroxylation is 2. The van der Waals surface area contributed by atoms with Gasteiger partial charge in [0.2, 0.25) is 5.60 Å². The molecular formula is C33H30N2O2. The summed E-state index contributed by atoms with van der Waals surface area (Å²) in [5.74, 6) is -0.283. The van der Waals surface area contributed by atoms with Crippen molar-refractivity contribution in [1.29, 1.82) is 0 Å². The fourth-order valence-electron chi connectivity index (χ4n) is 5.71. The Balaban J connectivity index is 1.71. The average Bonchev–Trinajstić information content (AvgIpc) is 3.42. The summed E-state index contributed by atoms with van der Waals surface area (Å²) in [5, 5.41) is 4.10. The Morgan fingerprint density at radius 2 is 1.38 bits per heavy atom. The number of ether oxygens (including phenoxy) is 1. The van der Waals surface area contributed by atoms with Gasteiger partial charge in [-0.25, -0.2) is 0 Å². The van der Waals surface area contributed by atoms with E-state index in [1.807, 2.05) is 43.3 Å². The number of nitrogens with one attached hydrogen (secondary N) is 2. The zero-order valence-corrected chi connectivity index (χ0v) is 21.3. The Hall–Kier alpha value is -4.15. The van der Waals surface area contributed by atoms with Crippen molar-refractivity contribution < 1.29 is 9.53 Å². The highest BCUT2D eigenvalue weighted by molar-refractivity contribution is 6.10. The van der Waals surface area contributed by atoms with Gasteiger partial charge in [0.25, 0.3) is 5.91 Å². The molecule has 2 heterocycles. The van der Waals surface area contributed by atoms with Gasteiger partial charge < -0.3 is 15.0 Å². The van der Waals surface area contributed by atoms with Crippen molar-refractivity contribution in [2.24, 2.45) is 0 Å². The lowest BCUT2D eigenvalue weighted by atomic mass is 9.79. The first-order chi connectivity index (χ1) is 18.0. The molecule has 1 aliphatic rings. The Morgan fingerprint density at radius 1 is 0.784 bits per heavy atom. The maximum atomic E-state index is 14.0. The summed E-state index contributed by atoms with van der Waals surface area (Å²) in [6.07, 6.45) is 0. The summed E-state index contributed by atoms with van der Waals surface area (Å²) in [5.41, 5.74) is 7.91.